The van der Waals surface area contributed by atoms with Crippen LogP contribution < -0.4 is 0 Å². The molecule has 0 aliphatic carbocycles. The maximum absolute atomic E-state index is 12.6. The zero-order chi connectivity index (χ0) is 11.6. The van der Waals surface area contributed by atoms with Crippen molar-refractivity contribution < 1.29 is 18.7 Å². The van der Waals surface area contributed by atoms with E-state index in [0.29, 0.717) is 3.70 Å². The van der Waals surface area contributed by atoms with E-state index in [9.17, 15) is 13.6 Å². The number of hydrogen-bond donors (Lipinski definition) is 1. The highest BCUT2D eigenvalue weighted by Gasteiger charge is 2.23. The normalized spacial score (nSPS) is 10.7. The Bertz CT molecular complexity index is 400. The van der Waals surface area contributed by atoms with Crippen molar-refractivity contribution in [1.82, 2.24) is 4.98 Å². The molecule has 1 rings (SSSR count). The summed E-state index contributed by atoms with van der Waals surface area (Å²) in [7, 11) is 0. The Morgan fingerprint density at radius 2 is 2.27 bits per heavy atom. The summed E-state index contributed by atoms with van der Waals surface area (Å²) in [6, 6.07) is 1.08. The van der Waals surface area contributed by atoms with Crippen molar-refractivity contribution in [3.05, 3.63) is 26.6 Å². The fourth-order valence-electron chi connectivity index (χ4n) is 1.10. The predicted molar refractivity (Wildman–Crippen MR) is 61.5 cm³/mol. The van der Waals surface area contributed by atoms with E-state index in [0.717, 1.165) is 6.07 Å². The third-order valence-corrected chi connectivity index (χ3v) is 2.75. The van der Waals surface area contributed by atoms with Gasteiger partial charge in [-0.05, 0) is 28.7 Å². The van der Waals surface area contributed by atoms with E-state index in [4.69, 9.17) is 5.11 Å². The number of carboxylic acid groups (broad SMARTS) is 1. The van der Waals surface area contributed by atoms with Crippen LogP contribution in [-0.2, 0) is 5.33 Å². The lowest BCUT2D eigenvalue weighted by molar-refractivity contribution is 0.0683. The number of alkyl halides is 3. The van der Waals surface area contributed by atoms with E-state index in [1.807, 2.05) is 0 Å². The van der Waals surface area contributed by atoms with Crippen LogP contribution in [0.1, 0.15) is 28.0 Å². The quantitative estimate of drug-likeness (QED) is 0.489. The lowest BCUT2D eigenvalue weighted by Gasteiger charge is -2.09. The van der Waals surface area contributed by atoms with Crippen molar-refractivity contribution in [2.45, 2.75) is 11.8 Å². The Kier molecular flexibility index (Phi) is 4.38. The smallest absolute Gasteiger partial charge is 0.338 e. The lowest BCUT2D eigenvalue weighted by atomic mass is 10.1. The van der Waals surface area contributed by atoms with E-state index < -0.39 is 23.5 Å². The SMILES string of the molecule is O=C(O)c1c(C(F)F)cc(I)nc1CBr. The van der Waals surface area contributed by atoms with Crippen LogP contribution in [0.5, 0.6) is 0 Å². The summed E-state index contributed by atoms with van der Waals surface area (Å²) in [5.74, 6) is -1.39. The molecular formula is C8H5BrF2INO2. The molecule has 82 valence electrons. The van der Waals surface area contributed by atoms with E-state index in [1.54, 1.807) is 22.6 Å². The average molecular weight is 392 g/mol. The van der Waals surface area contributed by atoms with Crippen molar-refractivity contribution in [3.8, 4) is 0 Å². The van der Waals surface area contributed by atoms with Gasteiger partial charge in [0.25, 0.3) is 6.43 Å². The molecule has 1 aromatic rings. The molecule has 0 atom stereocenters. The van der Waals surface area contributed by atoms with Crippen molar-refractivity contribution >= 4 is 44.5 Å². The number of carboxylic acids is 1. The Labute approximate surface area is 106 Å². The minimum Gasteiger partial charge on any atom is -0.478 e. The second-order valence-corrected chi connectivity index (χ2v) is 4.26. The standard InChI is InChI=1S/C8H5BrF2INO2/c9-2-4-6(8(14)15)3(7(10)11)1-5(12)13-4/h1,7H,2H2,(H,14,15). The summed E-state index contributed by atoms with van der Waals surface area (Å²) in [5, 5.41) is 8.95. The highest BCUT2D eigenvalue weighted by molar-refractivity contribution is 14.1. The maximum atomic E-state index is 12.6. The molecule has 0 unspecified atom stereocenters. The van der Waals surface area contributed by atoms with Gasteiger partial charge in [-0.25, -0.2) is 18.6 Å². The second kappa shape index (κ2) is 5.15. The third-order valence-electron chi connectivity index (χ3n) is 1.67. The van der Waals surface area contributed by atoms with Crippen LogP contribution in [-0.4, -0.2) is 16.1 Å². The zero-order valence-electron chi connectivity index (χ0n) is 7.18. The monoisotopic (exact) mass is 391 g/mol. The van der Waals surface area contributed by atoms with Gasteiger partial charge in [0.05, 0.1) is 11.3 Å². The fraction of sp³-hybridized carbons (Fsp3) is 0.250. The van der Waals surface area contributed by atoms with Crippen LogP contribution >= 0.6 is 38.5 Å². The molecule has 0 amide bonds. The van der Waals surface area contributed by atoms with Crippen LogP contribution in [0.4, 0.5) is 8.78 Å². The molecule has 0 aliphatic rings. The molecule has 15 heavy (non-hydrogen) atoms. The van der Waals surface area contributed by atoms with Crippen molar-refractivity contribution in [2.24, 2.45) is 0 Å². The van der Waals surface area contributed by atoms with Gasteiger partial charge < -0.3 is 5.11 Å². The second-order valence-electron chi connectivity index (χ2n) is 2.60. The molecule has 0 bridgehead atoms. The van der Waals surface area contributed by atoms with E-state index in [-0.39, 0.29) is 11.0 Å². The summed E-state index contributed by atoms with van der Waals surface area (Å²) < 4.78 is 25.5. The van der Waals surface area contributed by atoms with Gasteiger partial charge in [-0.1, -0.05) is 15.9 Å². The Hall–Kier alpha value is -0.310. The largest absolute Gasteiger partial charge is 0.478 e. The van der Waals surface area contributed by atoms with Gasteiger partial charge in [0, 0.05) is 10.9 Å². The number of nitrogens with zero attached hydrogens (tertiary/aromatic N) is 1. The summed E-state index contributed by atoms with van der Waals surface area (Å²) in [4.78, 5) is 14.7. The van der Waals surface area contributed by atoms with Gasteiger partial charge >= 0.3 is 5.97 Å². The Balaban J connectivity index is 3.47. The van der Waals surface area contributed by atoms with Crippen LogP contribution in [0.3, 0.4) is 0 Å². The minimum absolute atomic E-state index is 0.115. The molecule has 1 aromatic heterocycles. The predicted octanol–water partition coefficient (Wildman–Crippen LogP) is 3.22. The molecule has 0 saturated heterocycles. The summed E-state index contributed by atoms with van der Waals surface area (Å²) in [5.41, 5.74) is -0.789. The summed E-state index contributed by atoms with van der Waals surface area (Å²) >= 11 is 4.79. The van der Waals surface area contributed by atoms with Crippen molar-refractivity contribution in [2.75, 3.05) is 0 Å². The Morgan fingerprint density at radius 3 is 2.67 bits per heavy atom. The molecule has 0 aromatic carbocycles. The van der Waals surface area contributed by atoms with Crippen LogP contribution in [0.2, 0.25) is 0 Å². The number of pyridine rings is 1. The highest BCUT2D eigenvalue weighted by atomic mass is 127. The molecule has 0 spiro atoms. The van der Waals surface area contributed by atoms with Crippen LogP contribution in [0.25, 0.3) is 0 Å². The summed E-state index contributed by atoms with van der Waals surface area (Å²) in [6.45, 7) is 0. The van der Waals surface area contributed by atoms with Gasteiger partial charge in [-0.3, -0.25) is 0 Å². The number of rotatable bonds is 3. The molecular weight excluding hydrogens is 387 g/mol. The minimum atomic E-state index is -2.81. The van der Waals surface area contributed by atoms with E-state index >= 15 is 0 Å². The first-order valence-corrected chi connectivity index (χ1v) is 5.94. The topological polar surface area (TPSA) is 50.2 Å². The van der Waals surface area contributed by atoms with Gasteiger partial charge in [-0.2, -0.15) is 0 Å². The number of halogens is 4. The van der Waals surface area contributed by atoms with Crippen LogP contribution in [0, 0.1) is 3.70 Å². The first kappa shape index (κ1) is 12.8. The molecule has 0 fully saturated rings. The van der Waals surface area contributed by atoms with Gasteiger partial charge in [0.15, 0.2) is 0 Å². The fourth-order valence-corrected chi connectivity index (χ4v) is 2.13. The number of aromatic carboxylic acids is 1. The molecule has 0 radical (unpaired) electrons. The first-order valence-electron chi connectivity index (χ1n) is 3.74. The average Bonchev–Trinajstić information content (AvgIpc) is 2.15. The molecule has 3 nitrogen and oxygen atoms in total. The van der Waals surface area contributed by atoms with Crippen LogP contribution in [0.15, 0.2) is 6.07 Å². The molecule has 1 N–H and O–H groups in total. The van der Waals surface area contributed by atoms with Gasteiger partial charge in [0.2, 0.25) is 0 Å². The number of aromatic nitrogens is 1. The Morgan fingerprint density at radius 1 is 1.67 bits per heavy atom. The zero-order valence-corrected chi connectivity index (χ0v) is 10.9. The number of carbonyl (C=O) groups is 1. The third kappa shape index (κ3) is 2.83. The van der Waals surface area contributed by atoms with Gasteiger partial charge in [-0.15, -0.1) is 0 Å². The molecule has 7 heteroatoms. The highest BCUT2D eigenvalue weighted by Crippen LogP contribution is 2.27. The van der Waals surface area contributed by atoms with Gasteiger partial charge in [0.1, 0.15) is 3.70 Å². The van der Waals surface area contributed by atoms with Crippen molar-refractivity contribution in [1.29, 1.82) is 0 Å². The molecule has 1 heterocycles. The first-order chi connectivity index (χ1) is 6.97. The lowest BCUT2D eigenvalue weighted by Crippen LogP contribution is -2.10. The van der Waals surface area contributed by atoms with E-state index in [2.05, 4.69) is 20.9 Å². The molecule has 0 aliphatic heterocycles. The van der Waals surface area contributed by atoms with Crippen molar-refractivity contribution in [3.63, 3.8) is 0 Å². The maximum Gasteiger partial charge on any atom is 0.338 e. The molecule has 0 saturated carbocycles. The van der Waals surface area contributed by atoms with E-state index in [1.165, 1.54) is 0 Å². The summed E-state index contributed by atoms with van der Waals surface area (Å²) in [6.07, 6.45) is -2.81. The number of hydrogen-bond acceptors (Lipinski definition) is 2.